The third-order valence-corrected chi connectivity index (χ3v) is 4.68. The summed E-state index contributed by atoms with van der Waals surface area (Å²) in [5.74, 6) is -0.393. The Bertz CT molecular complexity index is 682. The first-order valence-corrected chi connectivity index (χ1v) is 7.11. The number of benzene rings is 2. The number of methoxy groups -OCH3 is 1. The molecule has 2 nitrogen and oxygen atoms in total. The van der Waals surface area contributed by atoms with Crippen LogP contribution < -0.4 is 0 Å². The van der Waals surface area contributed by atoms with Crippen LogP contribution in [0.2, 0.25) is 0 Å². The van der Waals surface area contributed by atoms with Crippen molar-refractivity contribution < 1.29 is 9.53 Å². The molecule has 0 amide bonds. The van der Waals surface area contributed by atoms with Crippen molar-refractivity contribution in [1.29, 1.82) is 0 Å². The van der Waals surface area contributed by atoms with Crippen molar-refractivity contribution in [2.24, 2.45) is 0 Å². The molecule has 0 heterocycles. The van der Waals surface area contributed by atoms with E-state index in [-0.39, 0.29) is 5.38 Å². The Morgan fingerprint density at radius 3 is 2.45 bits per heavy atom. The second kappa shape index (κ2) is 5.12. The van der Waals surface area contributed by atoms with E-state index in [0.29, 0.717) is 5.56 Å². The number of hydrogen-bond donors (Lipinski definition) is 0. The summed E-state index contributed by atoms with van der Waals surface area (Å²) in [4.78, 5) is 11.9. The summed E-state index contributed by atoms with van der Waals surface area (Å²) in [5, 5.41) is -0.831. The lowest BCUT2D eigenvalue weighted by Gasteiger charge is -2.29. The molecular formula is C16H12Cl2O2. The number of halogens is 2. The lowest BCUT2D eigenvalue weighted by atomic mass is 9.82. The predicted molar refractivity (Wildman–Crippen MR) is 80.4 cm³/mol. The molecule has 0 aliphatic heterocycles. The van der Waals surface area contributed by atoms with Crippen molar-refractivity contribution in [1.82, 2.24) is 0 Å². The number of carbonyl (C=O) groups is 1. The molecule has 4 heteroatoms. The van der Waals surface area contributed by atoms with Crippen LogP contribution in [0.1, 0.15) is 32.2 Å². The molecular weight excluding hydrogens is 295 g/mol. The van der Waals surface area contributed by atoms with Gasteiger partial charge >= 0.3 is 5.97 Å². The molecule has 2 aromatic carbocycles. The van der Waals surface area contributed by atoms with Gasteiger partial charge in [0.25, 0.3) is 0 Å². The minimum atomic E-state index is -0.461. The molecule has 3 rings (SSSR count). The minimum Gasteiger partial charge on any atom is -0.465 e. The fraction of sp³-hybridized carbons (Fsp3) is 0.188. The number of rotatable bonds is 1. The fourth-order valence-corrected chi connectivity index (χ4v) is 3.36. The first kappa shape index (κ1) is 13.5. The molecule has 2 atom stereocenters. The van der Waals surface area contributed by atoms with E-state index in [1.165, 1.54) is 7.11 Å². The second-order valence-electron chi connectivity index (χ2n) is 4.65. The molecule has 1 aliphatic carbocycles. The molecule has 0 fully saturated rings. The smallest absolute Gasteiger partial charge is 0.338 e. The van der Waals surface area contributed by atoms with E-state index in [1.54, 1.807) is 6.07 Å². The SMILES string of the molecule is COC(=O)c1cccc2c1[C@H](Cl)[C@@H](Cl)c1ccccc1-2. The normalized spacial score (nSPS) is 19.9. The van der Waals surface area contributed by atoms with Gasteiger partial charge in [-0.3, -0.25) is 0 Å². The van der Waals surface area contributed by atoms with E-state index in [4.69, 9.17) is 27.9 Å². The van der Waals surface area contributed by atoms with Crippen LogP contribution in [0.15, 0.2) is 42.5 Å². The Balaban J connectivity index is 2.31. The maximum atomic E-state index is 11.9. The molecule has 1 aliphatic rings. The average molecular weight is 307 g/mol. The van der Waals surface area contributed by atoms with Crippen molar-refractivity contribution in [2.45, 2.75) is 10.8 Å². The van der Waals surface area contributed by atoms with Gasteiger partial charge in [0.05, 0.1) is 23.4 Å². The van der Waals surface area contributed by atoms with Crippen molar-refractivity contribution in [2.75, 3.05) is 7.11 Å². The highest BCUT2D eigenvalue weighted by Gasteiger charge is 2.34. The van der Waals surface area contributed by atoms with Crippen molar-refractivity contribution in [3.05, 3.63) is 59.2 Å². The third kappa shape index (κ3) is 1.91. The summed E-state index contributed by atoms with van der Waals surface area (Å²) in [6.07, 6.45) is 0. The highest BCUT2D eigenvalue weighted by atomic mass is 35.5. The van der Waals surface area contributed by atoms with Crippen LogP contribution in [-0.2, 0) is 4.74 Å². The molecule has 20 heavy (non-hydrogen) atoms. The van der Waals surface area contributed by atoms with Crippen LogP contribution in [0.3, 0.4) is 0 Å². The van der Waals surface area contributed by atoms with Crippen molar-refractivity contribution >= 4 is 29.2 Å². The Morgan fingerprint density at radius 2 is 1.70 bits per heavy atom. The molecule has 0 aromatic heterocycles. The first-order chi connectivity index (χ1) is 9.65. The van der Waals surface area contributed by atoms with Crippen LogP contribution in [-0.4, -0.2) is 13.1 Å². The summed E-state index contributed by atoms with van der Waals surface area (Å²) in [6.45, 7) is 0. The number of fused-ring (bicyclic) bond motifs is 3. The van der Waals surface area contributed by atoms with Crippen LogP contribution in [0.5, 0.6) is 0 Å². The summed E-state index contributed by atoms with van der Waals surface area (Å²) in [7, 11) is 1.36. The second-order valence-corrected chi connectivity index (χ2v) is 5.59. The lowest BCUT2D eigenvalue weighted by Crippen LogP contribution is -2.15. The maximum Gasteiger partial charge on any atom is 0.338 e. The summed E-state index contributed by atoms with van der Waals surface area (Å²) in [5.41, 5.74) is 4.18. The zero-order chi connectivity index (χ0) is 14.3. The summed E-state index contributed by atoms with van der Waals surface area (Å²) in [6, 6.07) is 13.4. The van der Waals surface area contributed by atoms with E-state index in [2.05, 4.69) is 0 Å². The average Bonchev–Trinajstić information content (AvgIpc) is 2.51. The topological polar surface area (TPSA) is 26.3 Å². The molecule has 2 aromatic rings. The molecule has 0 saturated heterocycles. The van der Waals surface area contributed by atoms with Gasteiger partial charge in [0.2, 0.25) is 0 Å². The molecule has 0 unspecified atom stereocenters. The number of alkyl halides is 2. The van der Waals surface area contributed by atoms with Crippen molar-refractivity contribution in [3.63, 3.8) is 0 Å². The maximum absolute atomic E-state index is 11.9. The van der Waals surface area contributed by atoms with Gasteiger partial charge in [0, 0.05) is 0 Å². The quantitative estimate of drug-likeness (QED) is 0.563. The Kier molecular flexibility index (Phi) is 3.45. The van der Waals surface area contributed by atoms with E-state index in [1.807, 2.05) is 36.4 Å². The van der Waals surface area contributed by atoms with Gasteiger partial charge in [-0.2, -0.15) is 0 Å². The van der Waals surface area contributed by atoms with Crippen LogP contribution in [0.4, 0.5) is 0 Å². The fourth-order valence-electron chi connectivity index (χ4n) is 2.67. The molecule has 0 saturated carbocycles. The standard InChI is InChI=1S/C16H12Cl2O2/c1-20-16(19)12-8-4-7-10-9-5-2-3-6-11(9)14(17)15(18)13(10)12/h2-8,14-15H,1H3/t14-,15-/m0/s1. The van der Waals surface area contributed by atoms with Gasteiger partial charge in [-0.05, 0) is 28.3 Å². The number of carbonyl (C=O) groups excluding carboxylic acids is 1. The van der Waals surface area contributed by atoms with Gasteiger partial charge < -0.3 is 4.74 Å². The van der Waals surface area contributed by atoms with Gasteiger partial charge in [-0.1, -0.05) is 36.4 Å². The predicted octanol–water partition coefficient (Wildman–Crippen LogP) is 4.71. The van der Waals surface area contributed by atoms with E-state index in [9.17, 15) is 4.79 Å². The van der Waals surface area contributed by atoms with Gasteiger partial charge in [0.15, 0.2) is 0 Å². The number of esters is 1. The zero-order valence-corrected chi connectivity index (χ0v) is 12.3. The Hall–Kier alpha value is -1.51. The monoisotopic (exact) mass is 306 g/mol. The van der Waals surface area contributed by atoms with Gasteiger partial charge in [-0.25, -0.2) is 4.79 Å². The molecule has 0 spiro atoms. The molecule has 102 valence electrons. The van der Waals surface area contributed by atoms with Crippen LogP contribution >= 0.6 is 23.2 Å². The largest absolute Gasteiger partial charge is 0.465 e. The number of hydrogen-bond acceptors (Lipinski definition) is 2. The highest BCUT2D eigenvalue weighted by molar-refractivity contribution is 6.31. The van der Waals surface area contributed by atoms with Crippen LogP contribution in [0.25, 0.3) is 11.1 Å². The third-order valence-electron chi connectivity index (χ3n) is 3.59. The first-order valence-electron chi connectivity index (χ1n) is 6.23. The Labute approximate surface area is 127 Å². The highest BCUT2D eigenvalue weighted by Crippen LogP contribution is 2.51. The molecule has 0 N–H and O–H groups in total. The van der Waals surface area contributed by atoms with E-state index < -0.39 is 11.3 Å². The van der Waals surface area contributed by atoms with E-state index in [0.717, 1.165) is 22.3 Å². The van der Waals surface area contributed by atoms with E-state index >= 15 is 0 Å². The molecule has 0 bridgehead atoms. The minimum absolute atomic E-state index is 0.369. The summed E-state index contributed by atoms with van der Waals surface area (Å²) >= 11 is 13.0. The lowest BCUT2D eigenvalue weighted by molar-refractivity contribution is 0.0599. The Morgan fingerprint density at radius 1 is 1.00 bits per heavy atom. The van der Waals surface area contributed by atoms with Crippen LogP contribution in [0, 0.1) is 0 Å². The van der Waals surface area contributed by atoms with Crippen molar-refractivity contribution in [3.8, 4) is 11.1 Å². The molecule has 0 radical (unpaired) electrons. The van der Waals surface area contributed by atoms with Gasteiger partial charge in [-0.15, -0.1) is 23.2 Å². The van der Waals surface area contributed by atoms with Gasteiger partial charge in [0.1, 0.15) is 0 Å². The zero-order valence-electron chi connectivity index (χ0n) is 10.8. The number of ether oxygens (including phenoxy) is 1. The summed E-state index contributed by atoms with van der Waals surface area (Å²) < 4.78 is 4.83.